The standard InChI is InChI=1S/C24H18N2O4S2/c27-23(28)19(15-9-3-1-4-10-15)31-21-22(26-18-14-8-7-13-17(18)25-21)32-20(24(29)30)16-11-5-2-6-12-16/h1-14,19-20H,(H,27,28)(H,29,30)/p-2. The fraction of sp³-hybridized carbons (Fsp3) is 0.0833. The normalized spacial score (nSPS) is 12.9. The van der Waals surface area contributed by atoms with E-state index in [0.29, 0.717) is 32.2 Å². The molecule has 0 aliphatic carbocycles. The summed E-state index contributed by atoms with van der Waals surface area (Å²) in [6.45, 7) is 0. The maximum Gasteiger partial charge on any atom is 0.130 e. The topological polar surface area (TPSA) is 106 Å². The van der Waals surface area contributed by atoms with E-state index in [1.807, 2.05) is 0 Å². The predicted octanol–water partition coefficient (Wildman–Crippen LogP) is 2.80. The van der Waals surface area contributed by atoms with Crippen molar-refractivity contribution in [2.45, 2.75) is 20.6 Å². The summed E-state index contributed by atoms with van der Waals surface area (Å²) in [4.78, 5) is 33.1. The van der Waals surface area contributed by atoms with Crippen LogP contribution in [0.25, 0.3) is 11.0 Å². The highest BCUT2D eigenvalue weighted by molar-refractivity contribution is 8.03. The Bertz CT molecular complexity index is 1150. The number of carboxylic acids is 2. The fourth-order valence-electron chi connectivity index (χ4n) is 3.10. The number of hydrogen-bond acceptors (Lipinski definition) is 8. The van der Waals surface area contributed by atoms with Gasteiger partial charge in [-0.2, -0.15) is 0 Å². The molecule has 6 nitrogen and oxygen atoms in total. The first kappa shape index (κ1) is 21.9. The van der Waals surface area contributed by atoms with Gasteiger partial charge >= 0.3 is 0 Å². The van der Waals surface area contributed by atoms with Crippen LogP contribution in [0, 0.1) is 0 Å². The second-order valence-electron chi connectivity index (χ2n) is 6.78. The monoisotopic (exact) mass is 460 g/mol. The van der Waals surface area contributed by atoms with Crippen LogP contribution in [-0.4, -0.2) is 21.9 Å². The summed E-state index contributed by atoms with van der Waals surface area (Å²) in [6, 6.07) is 24.5. The number of rotatable bonds is 8. The van der Waals surface area contributed by atoms with E-state index < -0.39 is 22.4 Å². The molecule has 0 bridgehead atoms. The Balaban J connectivity index is 1.78. The van der Waals surface area contributed by atoms with Gasteiger partial charge in [-0.15, -0.1) is 0 Å². The first-order valence-corrected chi connectivity index (χ1v) is 11.4. The van der Waals surface area contributed by atoms with E-state index in [-0.39, 0.29) is 0 Å². The summed E-state index contributed by atoms with van der Waals surface area (Å²) in [5.41, 5.74) is 2.24. The Morgan fingerprint density at radius 2 is 0.938 bits per heavy atom. The molecule has 0 aliphatic heterocycles. The van der Waals surface area contributed by atoms with Crippen LogP contribution >= 0.6 is 23.5 Å². The van der Waals surface area contributed by atoms with Gasteiger partial charge in [-0.1, -0.05) is 96.3 Å². The average Bonchev–Trinajstić information content (AvgIpc) is 2.81. The number of aromatic nitrogens is 2. The lowest BCUT2D eigenvalue weighted by Crippen LogP contribution is -2.28. The largest absolute Gasteiger partial charge is 0.549 e. The molecule has 2 atom stereocenters. The van der Waals surface area contributed by atoms with Crippen molar-refractivity contribution in [3.8, 4) is 0 Å². The number of benzene rings is 3. The van der Waals surface area contributed by atoms with Crippen LogP contribution < -0.4 is 10.2 Å². The minimum absolute atomic E-state index is 0.314. The average molecular weight is 461 g/mol. The number of para-hydroxylation sites is 2. The van der Waals surface area contributed by atoms with Crippen molar-refractivity contribution in [2.24, 2.45) is 0 Å². The Kier molecular flexibility index (Phi) is 6.72. The van der Waals surface area contributed by atoms with E-state index in [0.717, 1.165) is 23.5 Å². The van der Waals surface area contributed by atoms with Gasteiger partial charge in [0.25, 0.3) is 0 Å². The minimum atomic E-state index is -1.27. The molecule has 2 unspecified atom stereocenters. The van der Waals surface area contributed by atoms with Gasteiger partial charge in [0.1, 0.15) is 10.1 Å². The minimum Gasteiger partial charge on any atom is -0.549 e. The van der Waals surface area contributed by atoms with Crippen molar-refractivity contribution in [1.82, 2.24) is 9.97 Å². The number of nitrogens with zero attached hydrogens (tertiary/aromatic N) is 2. The third kappa shape index (κ3) is 4.92. The van der Waals surface area contributed by atoms with Crippen molar-refractivity contribution >= 4 is 46.5 Å². The van der Waals surface area contributed by atoms with Crippen molar-refractivity contribution < 1.29 is 19.8 Å². The van der Waals surface area contributed by atoms with Gasteiger partial charge in [-0.25, -0.2) is 9.97 Å². The van der Waals surface area contributed by atoms with Crippen molar-refractivity contribution in [1.29, 1.82) is 0 Å². The lowest BCUT2D eigenvalue weighted by atomic mass is 10.1. The van der Waals surface area contributed by atoms with Gasteiger partial charge in [-0.3, -0.25) is 0 Å². The number of fused-ring (bicyclic) bond motifs is 1. The van der Waals surface area contributed by atoms with Crippen LogP contribution in [0.4, 0.5) is 0 Å². The number of carbonyl (C=O) groups is 2. The van der Waals surface area contributed by atoms with E-state index in [1.54, 1.807) is 84.9 Å². The number of aliphatic carboxylic acids is 2. The van der Waals surface area contributed by atoms with E-state index in [2.05, 4.69) is 9.97 Å². The molecule has 160 valence electrons. The summed E-state index contributed by atoms with van der Waals surface area (Å²) in [5.74, 6) is -2.54. The number of carboxylic acid groups (broad SMARTS) is 2. The summed E-state index contributed by atoms with van der Waals surface area (Å²) < 4.78 is 0. The Morgan fingerprint density at radius 3 is 1.28 bits per heavy atom. The zero-order chi connectivity index (χ0) is 22.5. The van der Waals surface area contributed by atoms with Gasteiger partial charge in [0.2, 0.25) is 0 Å². The zero-order valence-corrected chi connectivity index (χ0v) is 18.2. The lowest BCUT2D eigenvalue weighted by molar-refractivity contribution is -0.306. The molecule has 0 radical (unpaired) electrons. The summed E-state index contributed by atoms with van der Waals surface area (Å²) in [6.07, 6.45) is 0. The molecule has 0 saturated heterocycles. The van der Waals surface area contributed by atoms with E-state index in [9.17, 15) is 19.8 Å². The molecule has 4 rings (SSSR count). The lowest BCUT2D eigenvalue weighted by Gasteiger charge is -2.21. The van der Waals surface area contributed by atoms with E-state index in [4.69, 9.17) is 0 Å². The molecule has 4 aromatic rings. The first-order valence-electron chi connectivity index (χ1n) is 9.64. The summed E-state index contributed by atoms with van der Waals surface area (Å²) >= 11 is 1.94. The second-order valence-corrected chi connectivity index (χ2v) is 8.97. The number of hydrogen-bond donors (Lipinski definition) is 0. The molecule has 0 saturated carbocycles. The predicted molar refractivity (Wildman–Crippen MR) is 120 cm³/mol. The maximum absolute atomic E-state index is 11.9. The van der Waals surface area contributed by atoms with Gasteiger partial charge in [-0.05, 0) is 23.3 Å². The first-order chi connectivity index (χ1) is 15.5. The Labute approximate surface area is 192 Å². The van der Waals surface area contributed by atoms with Crippen LogP contribution in [0.2, 0.25) is 0 Å². The molecule has 0 N–H and O–H groups in total. The zero-order valence-electron chi connectivity index (χ0n) is 16.6. The highest BCUT2D eigenvalue weighted by Gasteiger charge is 2.23. The molecule has 0 fully saturated rings. The Hall–Kier alpha value is -3.36. The van der Waals surface area contributed by atoms with Crippen molar-refractivity contribution in [3.05, 3.63) is 96.1 Å². The molecular formula is C24H16N2O4S2-2. The molecule has 8 heteroatoms. The van der Waals surface area contributed by atoms with Crippen LogP contribution in [0.1, 0.15) is 21.6 Å². The van der Waals surface area contributed by atoms with Crippen LogP contribution in [-0.2, 0) is 9.59 Å². The van der Waals surface area contributed by atoms with Crippen LogP contribution in [0.3, 0.4) is 0 Å². The smallest absolute Gasteiger partial charge is 0.130 e. The summed E-state index contributed by atoms with van der Waals surface area (Å²) in [5, 5.41) is 22.4. The third-order valence-electron chi connectivity index (χ3n) is 4.60. The highest BCUT2D eigenvalue weighted by atomic mass is 32.2. The highest BCUT2D eigenvalue weighted by Crippen LogP contribution is 2.43. The molecule has 1 aromatic heterocycles. The van der Waals surface area contributed by atoms with E-state index >= 15 is 0 Å². The molecule has 0 aliphatic rings. The Morgan fingerprint density at radius 1 is 0.594 bits per heavy atom. The van der Waals surface area contributed by atoms with Gasteiger partial charge in [0.05, 0.1) is 33.5 Å². The van der Waals surface area contributed by atoms with Gasteiger partial charge in [0.15, 0.2) is 0 Å². The van der Waals surface area contributed by atoms with E-state index in [1.165, 1.54) is 0 Å². The van der Waals surface area contributed by atoms with Gasteiger partial charge < -0.3 is 19.8 Å². The molecule has 3 aromatic carbocycles. The van der Waals surface area contributed by atoms with Gasteiger partial charge in [0, 0.05) is 0 Å². The van der Waals surface area contributed by atoms with Crippen molar-refractivity contribution in [2.75, 3.05) is 0 Å². The van der Waals surface area contributed by atoms with Crippen molar-refractivity contribution in [3.63, 3.8) is 0 Å². The molecule has 0 spiro atoms. The van der Waals surface area contributed by atoms with Crippen LogP contribution in [0.15, 0.2) is 95.0 Å². The molecule has 0 amide bonds. The maximum atomic E-state index is 11.9. The second kappa shape index (κ2) is 9.84. The molecule has 1 heterocycles. The molecular weight excluding hydrogens is 444 g/mol. The van der Waals surface area contributed by atoms with Crippen LogP contribution in [0.5, 0.6) is 0 Å². The SMILES string of the molecule is O=C([O-])C(Sc1nc2ccccc2nc1SC(C(=O)[O-])c1ccccc1)c1ccccc1. The summed E-state index contributed by atoms with van der Waals surface area (Å²) in [7, 11) is 0. The fourth-order valence-corrected chi connectivity index (χ4v) is 5.21. The number of thioether (sulfide) groups is 2. The number of carbonyl (C=O) groups excluding carboxylic acids is 2. The molecule has 32 heavy (non-hydrogen) atoms. The third-order valence-corrected chi connectivity index (χ3v) is 7.15. The quantitative estimate of drug-likeness (QED) is 0.370.